The van der Waals surface area contributed by atoms with Crippen LogP contribution in [0.15, 0.2) is 0 Å². The van der Waals surface area contributed by atoms with Gasteiger partial charge < -0.3 is 9.47 Å². The Bertz CT molecular complexity index is 28.2. The maximum Gasteiger partial charge on any atom is 0.0466 e. The smallest absolute Gasteiger partial charge is 0.0466 e. The molecule has 0 rings (SSSR count). The van der Waals surface area contributed by atoms with Gasteiger partial charge in [-0.15, -0.1) is 0 Å². The van der Waals surface area contributed by atoms with Gasteiger partial charge in [0.15, 0.2) is 0 Å². The molecule has 2 heteroatoms. The number of hydrogen-bond acceptors (Lipinski definition) is 2. The molecule has 0 aliphatic rings. The molecule has 0 saturated carbocycles. The van der Waals surface area contributed by atoms with Crippen LogP contribution in [0.5, 0.6) is 0 Å². The molecule has 0 heterocycles. The molecule has 0 aliphatic carbocycles. The molecule has 2 radical (unpaired) electrons. The van der Waals surface area contributed by atoms with Gasteiger partial charge in [0, 0.05) is 26.9 Å². The average Bonchev–Trinajstić information content (AvgIpc) is 1.93. The van der Waals surface area contributed by atoms with Crippen molar-refractivity contribution >= 4 is 0 Å². The van der Waals surface area contributed by atoms with Crippen LogP contribution < -0.4 is 0 Å². The van der Waals surface area contributed by atoms with Crippen LogP contribution in [-0.4, -0.2) is 26.9 Å². The molecule has 10 heavy (non-hydrogen) atoms. The normalized spacial score (nSPS) is 8.40. The predicted molar refractivity (Wildman–Crippen MR) is 43.7 cm³/mol. The fourth-order valence-electron chi connectivity index (χ4n) is 0.289. The topological polar surface area (TPSA) is 18.5 Å². The zero-order valence-corrected chi connectivity index (χ0v) is 7.06. The summed E-state index contributed by atoms with van der Waals surface area (Å²) in [6.45, 7) is 11.1. The van der Waals surface area contributed by atoms with E-state index in [1.54, 1.807) is 7.11 Å². The molecule has 0 spiro atoms. The van der Waals surface area contributed by atoms with Crippen molar-refractivity contribution in [3.05, 3.63) is 13.8 Å². The minimum Gasteiger partial charge on any atom is -0.385 e. The third kappa shape index (κ3) is 24.7. The second-order valence-electron chi connectivity index (χ2n) is 1.54. The van der Waals surface area contributed by atoms with Crippen LogP contribution in [0.2, 0.25) is 0 Å². The van der Waals surface area contributed by atoms with E-state index >= 15 is 0 Å². The quantitative estimate of drug-likeness (QED) is 0.601. The Hall–Kier alpha value is -0.0800. The van der Waals surface area contributed by atoms with Crippen LogP contribution in [0.4, 0.5) is 0 Å². The van der Waals surface area contributed by atoms with Crippen molar-refractivity contribution in [2.24, 2.45) is 0 Å². The summed E-state index contributed by atoms with van der Waals surface area (Å²) in [7, 11) is 1.67. The van der Waals surface area contributed by atoms with E-state index in [2.05, 4.69) is 18.6 Å². The molecule has 0 unspecified atom stereocenters. The Balaban J connectivity index is 0. The maximum absolute atomic E-state index is 4.72. The lowest BCUT2D eigenvalue weighted by atomic mass is 10.5. The van der Waals surface area contributed by atoms with Gasteiger partial charge in [0.1, 0.15) is 0 Å². The highest BCUT2D eigenvalue weighted by Crippen LogP contribution is 1.69. The minimum atomic E-state index is 0.594. The first kappa shape index (κ1) is 12.6. The first-order valence-corrected chi connectivity index (χ1v) is 3.48. The lowest BCUT2D eigenvalue weighted by Gasteiger charge is -1.86. The molecule has 0 aliphatic heterocycles. The van der Waals surface area contributed by atoms with Crippen molar-refractivity contribution in [2.75, 3.05) is 26.9 Å². The van der Waals surface area contributed by atoms with Crippen molar-refractivity contribution in [1.82, 2.24) is 0 Å². The van der Waals surface area contributed by atoms with Gasteiger partial charge in [-0.25, -0.2) is 0 Å². The van der Waals surface area contributed by atoms with E-state index in [9.17, 15) is 0 Å². The van der Waals surface area contributed by atoms with Crippen molar-refractivity contribution in [3.8, 4) is 0 Å². The molecule has 0 amide bonds. The van der Waals surface area contributed by atoms with Gasteiger partial charge in [-0.05, 0) is 20.3 Å². The molecule has 0 bridgehead atoms. The van der Waals surface area contributed by atoms with Gasteiger partial charge in [-0.3, -0.25) is 0 Å². The first-order valence-electron chi connectivity index (χ1n) is 3.48. The third-order valence-corrected chi connectivity index (χ3v) is 0.697. The van der Waals surface area contributed by atoms with Crippen LogP contribution >= 0.6 is 0 Å². The van der Waals surface area contributed by atoms with Gasteiger partial charge in [-0.1, -0.05) is 6.92 Å². The van der Waals surface area contributed by atoms with E-state index in [4.69, 9.17) is 4.74 Å². The third-order valence-electron chi connectivity index (χ3n) is 0.697. The van der Waals surface area contributed by atoms with Crippen LogP contribution in [0.25, 0.3) is 0 Å². The summed E-state index contributed by atoms with van der Waals surface area (Å²) in [5, 5.41) is 0. The number of rotatable bonds is 4. The highest BCUT2D eigenvalue weighted by molar-refractivity contribution is 4.31. The van der Waals surface area contributed by atoms with E-state index in [1.165, 1.54) is 0 Å². The highest BCUT2D eigenvalue weighted by Gasteiger charge is 1.66. The molecule has 2 nitrogen and oxygen atoms in total. The largest absolute Gasteiger partial charge is 0.385 e. The lowest BCUT2D eigenvalue weighted by molar-refractivity contribution is 0.176. The van der Waals surface area contributed by atoms with Gasteiger partial charge in [-0.2, -0.15) is 0 Å². The minimum absolute atomic E-state index is 0.594. The first-order chi connectivity index (χ1) is 4.83. The summed E-state index contributed by atoms with van der Waals surface area (Å²) >= 11 is 0. The standard InChI is InChI=1S/2C4H9O/c1-3-4-5-2;1-3-5-4-2/h2*1,3-4H2,2H3. The lowest BCUT2D eigenvalue weighted by Crippen LogP contribution is -1.84. The number of ether oxygens (including phenoxy) is 2. The van der Waals surface area contributed by atoms with E-state index in [-0.39, 0.29) is 0 Å². The fourth-order valence-corrected chi connectivity index (χ4v) is 0.289. The van der Waals surface area contributed by atoms with E-state index in [1.807, 2.05) is 6.92 Å². The van der Waals surface area contributed by atoms with E-state index in [0.717, 1.165) is 19.6 Å². The van der Waals surface area contributed by atoms with Crippen LogP contribution in [0.3, 0.4) is 0 Å². The van der Waals surface area contributed by atoms with Crippen molar-refractivity contribution in [3.63, 3.8) is 0 Å². The van der Waals surface area contributed by atoms with E-state index < -0.39 is 0 Å². The van der Waals surface area contributed by atoms with E-state index in [0.29, 0.717) is 6.61 Å². The zero-order chi connectivity index (χ0) is 8.24. The Labute approximate surface area is 64.5 Å². The monoisotopic (exact) mass is 146 g/mol. The van der Waals surface area contributed by atoms with Crippen LogP contribution in [-0.2, 0) is 9.47 Å². The SMILES string of the molecule is [CH2]CCOC.[CH2]COCC. The molecule has 0 fully saturated rings. The fraction of sp³-hybridized carbons (Fsp3) is 0.750. The maximum atomic E-state index is 4.72. The molecule has 0 aromatic carbocycles. The molecule has 0 aromatic rings. The second-order valence-corrected chi connectivity index (χ2v) is 1.54. The summed E-state index contributed by atoms with van der Waals surface area (Å²) in [5.41, 5.74) is 0. The number of methoxy groups -OCH3 is 1. The van der Waals surface area contributed by atoms with Gasteiger partial charge in [0.25, 0.3) is 0 Å². The Kier molecular flexibility index (Phi) is 20.1. The molecule has 0 aromatic heterocycles. The van der Waals surface area contributed by atoms with Crippen molar-refractivity contribution < 1.29 is 9.47 Å². The van der Waals surface area contributed by atoms with Crippen LogP contribution in [0, 0.1) is 13.8 Å². The van der Waals surface area contributed by atoms with Gasteiger partial charge in [0.05, 0.1) is 0 Å². The van der Waals surface area contributed by atoms with Crippen molar-refractivity contribution in [1.29, 1.82) is 0 Å². The molecule has 0 N–H and O–H groups in total. The number of hydrogen-bond donors (Lipinski definition) is 0. The van der Waals surface area contributed by atoms with Crippen molar-refractivity contribution in [2.45, 2.75) is 13.3 Å². The summed E-state index contributed by atoms with van der Waals surface area (Å²) in [6, 6.07) is 0. The van der Waals surface area contributed by atoms with Gasteiger partial charge in [0.2, 0.25) is 0 Å². The summed E-state index contributed by atoms with van der Waals surface area (Å²) in [4.78, 5) is 0. The van der Waals surface area contributed by atoms with Gasteiger partial charge >= 0.3 is 0 Å². The molecular weight excluding hydrogens is 128 g/mol. The zero-order valence-electron chi connectivity index (χ0n) is 7.06. The second kappa shape index (κ2) is 16.0. The Morgan fingerprint density at radius 1 is 1.30 bits per heavy atom. The average molecular weight is 146 g/mol. The summed E-state index contributed by atoms with van der Waals surface area (Å²) in [6.07, 6.45) is 0.872. The summed E-state index contributed by atoms with van der Waals surface area (Å²) < 4.78 is 9.35. The molecular formula is C8H18O2. The predicted octanol–water partition coefficient (Wildman–Crippen LogP) is 1.71. The molecule has 62 valence electrons. The Morgan fingerprint density at radius 3 is 1.90 bits per heavy atom. The van der Waals surface area contributed by atoms with Crippen LogP contribution in [0.1, 0.15) is 13.3 Å². The summed E-state index contributed by atoms with van der Waals surface area (Å²) in [5.74, 6) is 0. The molecule has 0 atom stereocenters. The Morgan fingerprint density at radius 2 is 1.90 bits per heavy atom. The highest BCUT2D eigenvalue weighted by atomic mass is 16.5. The molecule has 0 saturated heterocycles.